The summed E-state index contributed by atoms with van der Waals surface area (Å²) in [5.41, 5.74) is 8.13. The smallest absolute Gasteiger partial charge is 0.253 e. The lowest BCUT2D eigenvalue weighted by Crippen LogP contribution is -2.40. The van der Waals surface area contributed by atoms with Gasteiger partial charge in [-0.25, -0.2) is 9.67 Å². The molecule has 8 heteroatoms. The number of hydrogen-bond donors (Lipinski definition) is 2. The van der Waals surface area contributed by atoms with E-state index in [1.165, 1.54) is 0 Å². The third-order valence-corrected chi connectivity index (χ3v) is 4.60. The van der Waals surface area contributed by atoms with Crippen LogP contribution in [0.15, 0.2) is 12.3 Å². The second-order valence-corrected chi connectivity index (χ2v) is 6.80. The Morgan fingerprint density at radius 3 is 2.52 bits per heavy atom. The van der Waals surface area contributed by atoms with Crippen molar-refractivity contribution >= 4 is 41.8 Å². The van der Waals surface area contributed by atoms with Crippen LogP contribution < -0.4 is 11.1 Å². The van der Waals surface area contributed by atoms with Crippen LogP contribution in [0.1, 0.15) is 61.6 Å². The number of halogens is 2. The van der Waals surface area contributed by atoms with Gasteiger partial charge in [0.1, 0.15) is 0 Å². The minimum atomic E-state index is -0.0466. The highest BCUT2D eigenvalue weighted by Crippen LogP contribution is 2.21. The molecule has 2 heterocycles. The zero-order valence-corrected chi connectivity index (χ0v) is 16.5. The summed E-state index contributed by atoms with van der Waals surface area (Å²) in [5, 5.41) is 8.40. The van der Waals surface area contributed by atoms with Crippen LogP contribution >= 0.6 is 24.8 Å². The SMILES string of the molecule is Cc1nc2c(cnn2C(C)C)cc1C(=O)NC1CCC(N)CC1.Cl.Cl. The number of carbonyl (C=O) groups is 1. The van der Waals surface area contributed by atoms with Gasteiger partial charge in [-0.05, 0) is 52.5 Å². The van der Waals surface area contributed by atoms with Crippen molar-refractivity contribution in [3.8, 4) is 0 Å². The minimum absolute atomic E-state index is 0. The number of hydrogen-bond acceptors (Lipinski definition) is 4. The average Bonchev–Trinajstić information content (AvgIpc) is 2.91. The van der Waals surface area contributed by atoms with Gasteiger partial charge in [-0.2, -0.15) is 5.10 Å². The molecule has 1 amide bonds. The number of nitrogens with zero attached hydrogens (tertiary/aromatic N) is 3. The zero-order chi connectivity index (χ0) is 16.6. The minimum Gasteiger partial charge on any atom is -0.349 e. The van der Waals surface area contributed by atoms with E-state index in [2.05, 4.69) is 29.2 Å². The van der Waals surface area contributed by atoms with Gasteiger partial charge in [-0.1, -0.05) is 0 Å². The Bertz CT molecular complexity index is 723. The predicted molar refractivity (Wildman–Crippen MR) is 105 cm³/mol. The molecule has 3 N–H and O–H groups in total. The third-order valence-electron chi connectivity index (χ3n) is 4.60. The zero-order valence-electron chi connectivity index (χ0n) is 14.9. The molecule has 1 aliphatic carbocycles. The Labute approximate surface area is 160 Å². The van der Waals surface area contributed by atoms with Gasteiger partial charge in [0, 0.05) is 23.5 Å². The molecule has 1 aliphatic rings. The van der Waals surface area contributed by atoms with Gasteiger partial charge < -0.3 is 11.1 Å². The van der Waals surface area contributed by atoms with Crippen molar-refractivity contribution < 1.29 is 4.79 Å². The van der Waals surface area contributed by atoms with E-state index in [4.69, 9.17) is 5.73 Å². The monoisotopic (exact) mass is 387 g/mol. The molecule has 0 saturated heterocycles. The van der Waals surface area contributed by atoms with Gasteiger partial charge in [0.25, 0.3) is 5.91 Å². The van der Waals surface area contributed by atoms with Gasteiger partial charge in [-0.15, -0.1) is 24.8 Å². The summed E-state index contributed by atoms with van der Waals surface area (Å²) in [5.74, 6) is -0.0466. The standard InChI is InChI=1S/C17H25N5O.2ClH/c1-10(2)22-16-12(9-19-22)8-15(11(3)20-16)17(23)21-14-6-4-13(18)5-7-14;;/h8-10,13-14H,4-7,18H2,1-3H3,(H,21,23);2*1H. The normalized spacial score (nSPS) is 20.0. The fourth-order valence-corrected chi connectivity index (χ4v) is 3.20. The number of rotatable bonds is 3. The largest absolute Gasteiger partial charge is 0.349 e. The van der Waals surface area contributed by atoms with Crippen LogP contribution in [-0.2, 0) is 0 Å². The molecular weight excluding hydrogens is 361 g/mol. The number of nitrogens with two attached hydrogens (primary N) is 1. The molecule has 1 saturated carbocycles. The van der Waals surface area contributed by atoms with Crippen molar-refractivity contribution in [3.63, 3.8) is 0 Å². The van der Waals surface area contributed by atoms with Gasteiger partial charge in [0.05, 0.1) is 17.5 Å². The number of carbonyl (C=O) groups excluding carboxylic acids is 1. The third kappa shape index (κ3) is 4.63. The van der Waals surface area contributed by atoms with Gasteiger partial charge in [0.15, 0.2) is 5.65 Å². The molecule has 3 rings (SSSR count). The molecule has 0 aromatic carbocycles. The number of nitrogens with one attached hydrogen (secondary N) is 1. The van der Waals surface area contributed by atoms with Crippen molar-refractivity contribution in [2.24, 2.45) is 5.73 Å². The lowest BCUT2D eigenvalue weighted by Gasteiger charge is -2.27. The van der Waals surface area contributed by atoms with Crippen molar-refractivity contribution in [1.82, 2.24) is 20.1 Å². The Morgan fingerprint density at radius 2 is 1.92 bits per heavy atom. The number of aryl methyl sites for hydroxylation is 1. The van der Waals surface area contributed by atoms with E-state index in [0.29, 0.717) is 5.56 Å². The molecule has 2 aromatic rings. The summed E-state index contributed by atoms with van der Waals surface area (Å²) < 4.78 is 1.88. The highest BCUT2D eigenvalue weighted by molar-refractivity contribution is 5.98. The van der Waals surface area contributed by atoms with Crippen LogP contribution in [0, 0.1) is 6.92 Å². The summed E-state index contributed by atoms with van der Waals surface area (Å²) >= 11 is 0. The van der Waals surface area contributed by atoms with Crippen LogP contribution in [-0.4, -0.2) is 32.8 Å². The van der Waals surface area contributed by atoms with Crippen molar-refractivity contribution in [1.29, 1.82) is 0 Å². The molecule has 0 atom stereocenters. The van der Waals surface area contributed by atoms with E-state index in [1.54, 1.807) is 6.20 Å². The fourth-order valence-electron chi connectivity index (χ4n) is 3.20. The second-order valence-electron chi connectivity index (χ2n) is 6.80. The number of amides is 1. The maximum atomic E-state index is 12.6. The first-order valence-electron chi connectivity index (χ1n) is 8.37. The summed E-state index contributed by atoms with van der Waals surface area (Å²) in [6, 6.07) is 2.64. The molecule has 2 aromatic heterocycles. The van der Waals surface area contributed by atoms with Gasteiger partial charge >= 0.3 is 0 Å². The predicted octanol–water partition coefficient (Wildman–Crippen LogP) is 3.16. The number of aromatic nitrogens is 3. The molecule has 6 nitrogen and oxygen atoms in total. The van der Waals surface area contributed by atoms with Crippen molar-refractivity contribution in [2.45, 2.75) is 64.6 Å². The Kier molecular flexibility index (Phi) is 7.65. The summed E-state index contributed by atoms with van der Waals surface area (Å²) in [6.45, 7) is 6.01. The van der Waals surface area contributed by atoms with E-state index < -0.39 is 0 Å². The van der Waals surface area contributed by atoms with Crippen LogP contribution in [0.4, 0.5) is 0 Å². The number of fused-ring (bicyclic) bond motifs is 1. The van der Waals surface area contributed by atoms with Crippen molar-refractivity contribution in [2.75, 3.05) is 0 Å². The average molecular weight is 388 g/mol. The van der Waals surface area contributed by atoms with Crippen LogP contribution in [0.2, 0.25) is 0 Å². The van der Waals surface area contributed by atoms with E-state index in [1.807, 2.05) is 17.7 Å². The highest BCUT2D eigenvalue weighted by Gasteiger charge is 2.22. The topological polar surface area (TPSA) is 85.8 Å². The Balaban J connectivity index is 0.00000156. The van der Waals surface area contributed by atoms with E-state index in [9.17, 15) is 4.79 Å². The highest BCUT2D eigenvalue weighted by atomic mass is 35.5. The first kappa shape index (κ1) is 21.7. The quantitative estimate of drug-likeness (QED) is 0.846. The molecule has 0 unspecified atom stereocenters. The van der Waals surface area contributed by atoms with E-state index in [-0.39, 0.29) is 48.8 Å². The lowest BCUT2D eigenvalue weighted by molar-refractivity contribution is 0.0925. The molecule has 25 heavy (non-hydrogen) atoms. The fraction of sp³-hybridized carbons (Fsp3) is 0.588. The van der Waals surface area contributed by atoms with Gasteiger partial charge in [-0.3, -0.25) is 4.79 Å². The molecule has 1 fully saturated rings. The Morgan fingerprint density at radius 1 is 1.28 bits per heavy atom. The maximum Gasteiger partial charge on any atom is 0.253 e. The summed E-state index contributed by atoms with van der Waals surface area (Å²) in [7, 11) is 0. The van der Waals surface area contributed by atoms with E-state index >= 15 is 0 Å². The first-order valence-corrected chi connectivity index (χ1v) is 8.37. The molecule has 0 aliphatic heterocycles. The molecule has 0 bridgehead atoms. The summed E-state index contributed by atoms with van der Waals surface area (Å²) in [4.78, 5) is 17.2. The molecule has 0 spiro atoms. The van der Waals surface area contributed by atoms with E-state index in [0.717, 1.165) is 42.4 Å². The molecule has 0 radical (unpaired) electrons. The lowest BCUT2D eigenvalue weighted by atomic mass is 9.91. The molecule has 140 valence electrons. The van der Waals surface area contributed by atoms with Crippen LogP contribution in [0.3, 0.4) is 0 Å². The Hall–Kier alpha value is -1.37. The number of pyridine rings is 1. The second kappa shape index (κ2) is 8.83. The summed E-state index contributed by atoms with van der Waals surface area (Å²) in [6.07, 6.45) is 5.63. The van der Waals surface area contributed by atoms with Crippen LogP contribution in [0.25, 0.3) is 11.0 Å². The maximum absolute atomic E-state index is 12.6. The first-order chi connectivity index (χ1) is 11.0. The molecular formula is C17H27Cl2N5O. The van der Waals surface area contributed by atoms with Crippen molar-refractivity contribution in [3.05, 3.63) is 23.5 Å². The van der Waals surface area contributed by atoms with Crippen LogP contribution in [0.5, 0.6) is 0 Å². The van der Waals surface area contributed by atoms with Gasteiger partial charge in [0.2, 0.25) is 0 Å².